The highest BCUT2D eigenvalue weighted by Crippen LogP contribution is 2.52. The smallest absolute Gasteiger partial charge is 0.326 e. The van der Waals surface area contributed by atoms with Gasteiger partial charge in [-0.15, -0.1) is 0 Å². The van der Waals surface area contributed by atoms with E-state index in [1.165, 1.54) is 6.20 Å². The number of aromatic amines is 3. The van der Waals surface area contributed by atoms with Crippen LogP contribution in [0.25, 0.3) is 0 Å². The van der Waals surface area contributed by atoms with Crippen molar-refractivity contribution in [1.29, 1.82) is 0 Å². The van der Waals surface area contributed by atoms with Crippen LogP contribution in [-0.2, 0) is 10.2 Å². The van der Waals surface area contributed by atoms with Crippen LogP contribution in [0.3, 0.4) is 0 Å². The number of hydrogen-bond donors (Lipinski definition) is 5. The highest BCUT2D eigenvalue weighted by atomic mass is 16.2. The first-order valence-electron chi connectivity index (χ1n) is 7.62. The molecule has 1 spiro atoms. The van der Waals surface area contributed by atoms with Crippen LogP contribution in [0.4, 0.5) is 17.3 Å². The second kappa shape index (κ2) is 4.26. The van der Waals surface area contributed by atoms with Gasteiger partial charge in [-0.05, 0) is 13.0 Å². The number of carbonyl (C=O) groups is 1. The van der Waals surface area contributed by atoms with Gasteiger partial charge in [-0.3, -0.25) is 24.7 Å². The Labute approximate surface area is 139 Å². The van der Waals surface area contributed by atoms with Crippen LogP contribution in [0.5, 0.6) is 0 Å². The van der Waals surface area contributed by atoms with Crippen LogP contribution in [0.15, 0.2) is 34.0 Å². The maximum atomic E-state index is 13.2. The summed E-state index contributed by atoms with van der Waals surface area (Å²) in [5.41, 5.74) is 0.228. The molecule has 3 aromatic rings. The number of anilines is 3. The SMILES string of the molecule is Cc1ccc2c(c1)C1(C(=O)N2)c2cn[nH]c2Nc2[nH]c(=O)[nH]c(=O)c21. The lowest BCUT2D eigenvalue weighted by molar-refractivity contribution is -0.118. The Hall–Kier alpha value is -3.62. The molecule has 9 heteroatoms. The highest BCUT2D eigenvalue weighted by Gasteiger charge is 2.56. The van der Waals surface area contributed by atoms with Crippen molar-refractivity contribution in [3.8, 4) is 0 Å². The largest absolute Gasteiger partial charge is 0.327 e. The Kier molecular flexibility index (Phi) is 2.35. The molecule has 124 valence electrons. The second-order valence-electron chi connectivity index (χ2n) is 6.20. The maximum absolute atomic E-state index is 13.2. The Morgan fingerprint density at radius 2 is 1.84 bits per heavy atom. The van der Waals surface area contributed by atoms with Crippen molar-refractivity contribution in [3.63, 3.8) is 0 Å². The molecular weight excluding hydrogens is 324 g/mol. The van der Waals surface area contributed by atoms with Gasteiger partial charge in [0.05, 0.1) is 11.8 Å². The molecule has 2 aliphatic rings. The van der Waals surface area contributed by atoms with Gasteiger partial charge in [-0.25, -0.2) is 4.79 Å². The number of aryl methyl sites for hydroxylation is 1. The zero-order valence-corrected chi connectivity index (χ0v) is 13.0. The number of rotatable bonds is 0. The first kappa shape index (κ1) is 13.8. The number of hydrogen-bond acceptors (Lipinski definition) is 5. The fourth-order valence-electron chi connectivity index (χ4n) is 3.79. The van der Waals surface area contributed by atoms with E-state index in [0.717, 1.165) is 5.56 Å². The standard InChI is InChI=1S/C16H12N6O3/c1-6-2-3-9-7(4-6)16(14(24)18-9)8-5-17-22-11(8)19-12-10(16)13(23)21-15(25)20-12/h2-5H,1H3,(H,18,24)(H4,17,19,20,21,22,23,25). The molecular formula is C16H12N6O3. The highest BCUT2D eigenvalue weighted by molar-refractivity contribution is 6.13. The third-order valence-electron chi connectivity index (χ3n) is 4.78. The molecule has 1 unspecified atom stereocenters. The van der Waals surface area contributed by atoms with E-state index in [9.17, 15) is 14.4 Å². The summed E-state index contributed by atoms with van der Waals surface area (Å²) in [7, 11) is 0. The fourth-order valence-corrected chi connectivity index (χ4v) is 3.79. The van der Waals surface area contributed by atoms with Gasteiger partial charge in [0.15, 0.2) is 0 Å². The fraction of sp³-hybridized carbons (Fsp3) is 0.125. The van der Waals surface area contributed by atoms with Gasteiger partial charge in [-0.2, -0.15) is 5.10 Å². The molecule has 0 fully saturated rings. The topological polar surface area (TPSA) is 136 Å². The minimum absolute atomic E-state index is 0.142. The van der Waals surface area contributed by atoms with Crippen LogP contribution in [-0.4, -0.2) is 26.1 Å². The summed E-state index contributed by atoms with van der Waals surface area (Å²) in [5.74, 6) is 0.268. The first-order valence-corrected chi connectivity index (χ1v) is 7.62. The number of amides is 1. The third-order valence-corrected chi connectivity index (χ3v) is 4.78. The number of nitrogens with zero attached hydrogens (tertiary/aromatic N) is 1. The van der Waals surface area contributed by atoms with Crippen molar-refractivity contribution in [2.24, 2.45) is 0 Å². The number of H-pyrrole nitrogens is 3. The molecule has 5 rings (SSSR count). The van der Waals surface area contributed by atoms with Crippen LogP contribution in [0.1, 0.15) is 22.3 Å². The lowest BCUT2D eigenvalue weighted by Crippen LogP contribution is -2.46. The molecule has 0 saturated heterocycles. The number of carbonyl (C=O) groups excluding carboxylic acids is 1. The average Bonchev–Trinajstić information content (AvgIpc) is 3.11. The van der Waals surface area contributed by atoms with E-state index >= 15 is 0 Å². The molecule has 0 bridgehead atoms. The molecule has 1 amide bonds. The molecule has 25 heavy (non-hydrogen) atoms. The van der Waals surface area contributed by atoms with Gasteiger partial charge in [0.2, 0.25) is 5.91 Å². The monoisotopic (exact) mass is 336 g/mol. The van der Waals surface area contributed by atoms with Crippen molar-refractivity contribution in [3.05, 3.63) is 67.5 Å². The Bertz CT molecular complexity index is 1190. The van der Waals surface area contributed by atoms with E-state index in [4.69, 9.17) is 0 Å². The molecule has 1 atom stereocenters. The molecule has 4 heterocycles. The van der Waals surface area contributed by atoms with Crippen molar-refractivity contribution >= 4 is 23.2 Å². The Morgan fingerprint density at radius 3 is 2.68 bits per heavy atom. The predicted molar refractivity (Wildman–Crippen MR) is 89.2 cm³/mol. The quantitative estimate of drug-likeness (QED) is 0.406. The van der Waals surface area contributed by atoms with Crippen LogP contribution >= 0.6 is 0 Å². The number of nitrogens with one attached hydrogen (secondary N) is 5. The first-order chi connectivity index (χ1) is 12.0. The van der Waals surface area contributed by atoms with Crippen LogP contribution in [0.2, 0.25) is 0 Å². The molecule has 1 aromatic carbocycles. The minimum Gasteiger partial charge on any atom is -0.326 e. The summed E-state index contributed by atoms with van der Waals surface area (Å²) >= 11 is 0. The maximum Gasteiger partial charge on any atom is 0.327 e. The van der Waals surface area contributed by atoms with Gasteiger partial charge >= 0.3 is 5.69 Å². The van der Waals surface area contributed by atoms with E-state index in [1.54, 1.807) is 6.07 Å². The van der Waals surface area contributed by atoms with E-state index in [-0.39, 0.29) is 17.3 Å². The van der Waals surface area contributed by atoms with Crippen molar-refractivity contribution in [2.45, 2.75) is 12.3 Å². The Balaban J connectivity index is 2.00. The summed E-state index contributed by atoms with van der Waals surface area (Å²) in [6, 6.07) is 5.55. The van der Waals surface area contributed by atoms with Gasteiger partial charge < -0.3 is 10.6 Å². The van der Waals surface area contributed by atoms with E-state index in [1.807, 2.05) is 19.1 Å². The second-order valence-corrected chi connectivity index (χ2v) is 6.20. The van der Waals surface area contributed by atoms with Gasteiger partial charge in [-0.1, -0.05) is 17.7 Å². The van der Waals surface area contributed by atoms with E-state index in [0.29, 0.717) is 22.6 Å². The zero-order chi connectivity index (χ0) is 17.3. The number of aromatic nitrogens is 4. The lowest BCUT2D eigenvalue weighted by Gasteiger charge is -2.32. The summed E-state index contributed by atoms with van der Waals surface area (Å²) in [4.78, 5) is 42.4. The molecule has 9 nitrogen and oxygen atoms in total. The van der Waals surface area contributed by atoms with E-state index in [2.05, 4.69) is 30.8 Å². The Morgan fingerprint density at radius 1 is 1.00 bits per heavy atom. The van der Waals surface area contributed by atoms with Crippen molar-refractivity contribution in [1.82, 2.24) is 20.2 Å². The molecule has 2 aromatic heterocycles. The zero-order valence-electron chi connectivity index (χ0n) is 13.0. The summed E-state index contributed by atoms with van der Waals surface area (Å²) in [6.45, 7) is 1.91. The van der Waals surface area contributed by atoms with Gasteiger partial charge in [0, 0.05) is 16.8 Å². The van der Waals surface area contributed by atoms with Crippen molar-refractivity contribution < 1.29 is 4.79 Å². The van der Waals surface area contributed by atoms with Gasteiger partial charge in [0.25, 0.3) is 5.56 Å². The summed E-state index contributed by atoms with van der Waals surface area (Å²) in [6.07, 6.45) is 1.52. The number of fused-ring (bicyclic) bond motifs is 6. The predicted octanol–water partition coefficient (Wildman–Crippen LogP) is 0.438. The van der Waals surface area contributed by atoms with Crippen molar-refractivity contribution in [2.75, 3.05) is 10.6 Å². The van der Waals surface area contributed by atoms with Crippen LogP contribution in [0, 0.1) is 6.92 Å². The van der Waals surface area contributed by atoms with E-state index < -0.39 is 16.7 Å². The normalized spacial score (nSPS) is 19.8. The molecule has 0 radical (unpaired) electrons. The summed E-state index contributed by atoms with van der Waals surface area (Å²) < 4.78 is 0. The van der Waals surface area contributed by atoms with Gasteiger partial charge in [0.1, 0.15) is 17.1 Å². The molecule has 2 aliphatic heterocycles. The summed E-state index contributed by atoms with van der Waals surface area (Å²) in [5, 5.41) is 12.6. The minimum atomic E-state index is -1.39. The third kappa shape index (κ3) is 1.52. The molecule has 5 N–H and O–H groups in total. The molecule has 0 aliphatic carbocycles. The molecule has 0 saturated carbocycles. The number of benzene rings is 1. The van der Waals surface area contributed by atoms with Crippen LogP contribution < -0.4 is 21.9 Å². The average molecular weight is 336 g/mol. The lowest BCUT2D eigenvalue weighted by atomic mass is 9.69.